The lowest BCUT2D eigenvalue weighted by molar-refractivity contribution is 0.670. The molecule has 1 nitrogen and oxygen atoms in total. The quantitative estimate of drug-likeness (QED) is 0.183. The fourth-order valence-corrected chi connectivity index (χ4v) is 5.16. The molecule has 1 heteroatoms. The van der Waals surface area contributed by atoms with Gasteiger partial charge >= 0.3 is 0 Å². The highest BCUT2D eigenvalue weighted by atomic mass is 16.3. The lowest BCUT2D eigenvalue weighted by Gasteiger charge is -2.18. The van der Waals surface area contributed by atoms with Crippen molar-refractivity contribution in [3.8, 4) is 44.5 Å². The minimum Gasteiger partial charge on any atom is -0.455 e. The maximum absolute atomic E-state index is 9.56. The third-order valence-corrected chi connectivity index (χ3v) is 7.06. The topological polar surface area (TPSA) is 13.1 Å². The van der Waals surface area contributed by atoms with Crippen molar-refractivity contribution in [2.24, 2.45) is 0 Å². The van der Waals surface area contributed by atoms with Gasteiger partial charge < -0.3 is 4.42 Å². The van der Waals surface area contributed by atoms with Gasteiger partial charge in [-0.2, -0.15) is 0 Å². The van der Waals surface area contributed by atoms with Crippen molar-refractivity contribution in [2.45, 2.75) is 0 Å². The summed E-state index contributed by atoms with van der Waals surface area (Å²) in [5.41, 5.74) is -7.25. The van der Waals surface area contributed by atoms with Crippen LogP contribution >= 0.6 is 0 Å². The SMILES string of the molecule is [2H]c1c([2H])c([2H])c(-c2c([2H])c([2H])c3oc4c(-c5c([2H])c([2H])c(-c6c7c([2H])c([2H])c([2H])c([2H])c7c(-c7c([2H])c([2H])c([2H])c([2H])c7[2H])c7c([2H])c([2H])c([2H])c([2H])c67)c([2H])c5[2H])c([2H])c([2H])c([2H])c4c3c2[2H])c([2H])c1[2H]. The summed E-state index contributed by atoms with van der Waals surface area (Å²) in [6, 6.07) is -26.2. The Morgan fingerprint density at radius 3 is 1.40 bits per heavy atom. The highest BCUT2D eigenvalue weighted by Gasteiger charge is 2.17. The molecule has 0 bridgehead atoms. The van der Waals surface area contributed by atoms with Gasteiger partial charge in [0.2, 0.25) is 0 Å². The van der Waals surface area contributed by atoms with E-state index < -0.39 is 257 Å². The van der Waals surface area contributed by atoms with Gasteiger partial charge in [-0.05, 0) is 72.6 Å². The molecule has 0 atom stereocenters. The van der Waals surface area contributed by atoms with Crippen LogP contribution in [0.3, 0.4) is 0 Å². The summed E-state index contributed by atoms with van der Waals surface area (Å²) < 4.78 is 254. The molecule has 0 unspecified atom stereocenters. The summed E-state index contributed by atoms with van der Waals surface area (Å²) in [5.74, 6) is 0. The van der Waals surface area contributed by atoms with Gasteiger partial charge in [-0.25, -0.2) is 0 Å². The van der Waals surface area contributed by atoms with Crippen molar-refractivity contribution in [2.75, 3.05) is 0 Å². The molecule has 0 aliphatic rings. The number of para-hydroxylation sites is 1. The number of hydrogen-bond acceptors (Lipinski definition) is 1. The molecule has 0 saturated heterocycles. The minimum absolute atomic E-state index is 0.523. The van der Waals surface area contributed by atoms with E-state index in [0.717, 1.165) is 0 Å². The number of benzene rings is 8. The minimum atomic E-state index is -1.10. The maximum atomic E-state index is 9.56. The molecule has 0 radical (unpaired) electrons. The van der Waals surface area contributed by atoms with E-state index in [1.807, 2.05) is 0 Å². The van der Waals surface area contributed by atoms with Crippen molar-refractivity contribution in [3.05, 3.63) is 169 Å². The molecule has 1 aromatic heterocycles. The van der Waals surface area contributed by atoms with Crippen LogP contribution in [-0.2, 0) is 0 Å². The Balaban J connectivity index is 1.48. The van der Waals surface area contributed by atoms with Gasteiger partial charge in [0.15, 0.2) is 0 Å². The summed E-state index contributed by atoms with van der Waals surface area (Å²) >= 11 is 0. The zero-order valence-corrected chi connectivity index (χ0v) is 22.4. The Hall–Kier alpha value is -5.92. The fourth-order valence-electron chi connectivity index (χ4n) is 5.16. The van der Waals surface area contributed by atoms with Crippen molar-refractivity contribution in [1.82, 2.24) is 0 Å². The van der Waals surface area contributed by atoms with Gasteiger partial charge in [0, 0.05) is 16.3 Å². The highest BCUT2D eigenvalue weighted by Crippen LogP contribution is 2.44. The second-order valence-electron chi connectivity index (χ2n) is 9.51. The summed E-state index contributed by atoms with van der Waals surface area (Å²) in [6.07, 6.45) is 0. The van der Waals surface area contributed by atoms with Crippen LogP contribution in [0.2, 0.25) is 0 Å². The van der Waals surface area contributed by atoms with Crippen LogP contribution in [0.4, 0.5) is 0 Å². The molecule has 45 heavy (non-hydrogen) atoms. The van der Waals surface area contributed by atoms with E-state index >= 15 is 0 Å². The first-order valence-corrected chi connectivity index (χ1v) is 13.2. The zero-order chi connectivity index (χ0) is 54.1. The highest BCUT2D eigenvalue weighted by molar-refractivity contribution is 6.21. The van der Waals surface area contributed by atoms with Gasteiger partial charge in [0.25, 0.3) is 0 Å². The standard InChI is InChI=1S/C44H28O/c1-3-12-29(13-4-1)33-26-27-41-40(28-33)39-21-11-20-34(44(39)45-41)30-22-24-32(25-23-30)43-37-18-9-7-16-35(37)42(31-14-5-2-6-15-31)36-17-8-10-19-38(36)43/h1-28H/i1D,2D,3D,4D,5D,6D,7D,8D,9D,10D,11D,12D,13D,14D,15D,16D,17D,18D,19D,20D,21D,22D,23D,24D,25D,26D,27D,28D. The average molecular weight is 601 g/mol. The largest absolute Gasteiger partial charge is 0.455 e. The molecule has 1 heterocycles. The molecular formula is C44H28O. The maximum Gasteiger partial charge on any atom is 0.143 e. The molecule has 0 aliphatic carbocycles. The second-order valence-corrected chi connectivity index (χ2v) is 9.51. The first-order chi connectivity index (χ1) is 34.0. The predicted molar refractivity (Wildman–Crippen MR) is 190 cm³/mol. The zero-order valence-electron chi connectivity index (χ0n) is 50.4. The van der Waals surface area contributed by atoms with Crippen LogP contribution in [0.15, 0.2) is 174 Å². The normalized spacial score (nSPS) is 20.3. The Labute approximate surface area is 301 Å². The molecule has 0 amide bonds. The molecule has 0 saturated carbocycles. The lowest BCUT2D eigenvalue weighted by Crippen LogP contribution is -1.90. The van der Waals surface area contributed by atoms with Crippen molar-refractivity contribution in [1.29, 1.82) is 0 Å². The lowest BCUT2D eigenvalue weighted by atomic mass is 9.85. The Morgan fingerprint density at radius 1 is 0.333 bits per heavy atom. The van der Waals surface area contributed by atoms with Crippen LogP contribution < -0.4 is 0 Å². The van der Waals surface area contributed by atoms with Crippen LogP contribution in [0.1, 0.15) is 38.4 Å². The molecule has 9 rings (SSSR count). The molecule has 0 spiro atoms. The van der Waals surface area contributed by atoms with Crippen molar-refractivity contribution < 1.29 is 42.8 Å². The van der Waals surface area contributed by atoms with E-state index in [1.54, 1.807) is 0 Å². The van der Waals surface area contributed by atoms with E-state index in [1.165, 1.54) is 0 Å². The van der Waals surface area contributed by atoms with Crippen LogP contribution in [0.25, 0.3) is 88.0 Å². The monoisotopic (exact) mass is 600 g/mol. The summed E-state index contributed by atoms with van der Waals surface area (Å²) in [7, 11) is 0. The molecule has 0 aliphatic heterocycles. The number of furan rings is 1. The molecule has 9 aromatic rings. The first kappa shape index (κ1) is 10.1. The molecule has 0 N–H and O–H groups in total. The Bertz CT molecular complexity index is 3950. The van der Waals surface area contributed by atoms with Crippen LogP contribution in [-0.4, -0.2) is 0 Å². The third-order valence-electron chi connectivity index (χ3n) is 7.06. The Morgan fingerprint density at radius 2 is 0.800 bits per heavy atom. The summed E-state index contributed by atoms with van der Waals surface area (Å²) in [6.45, 7) is 0. The summed E-state index contributed by atoms with van der Waals surface area (Å²) in [4.78, 5) is 0. The van der Waals surface area contributed by atoms with E-state index in [4.69, 9.17) is 30.5 Å². The second kappa shape index (κ2) is 10.4. The fraction of sp³-hybridized carbons (Fsp3) is 0. The molecule has 210 valence electrons. The molecule has 0 fully saturated rings. The predicted octanol–water partition coefficient (Wildman–Crippen LogP) is 12.6. The van der Waals surface area contributed by atoms with Gasteiger partial charge in [-0.1, -0.05) is 157 Å². The van der Waals surface area contributed by atoms with Crippen LogP contribution in [0.5, 0.6) is 0 Å². The molecule has 8 aromatic carbocycles. The summed E-state index contributed by atoms with van der Waals surface area (Å²) in [5, 5.41) is -3.92. The average Bonchev–Trinajstić information content (AvgIpc) is 3.77. The van der Waals surface area contributed by atoms with E-state index in [9.17, 15) is 12.3 Å². The first-order valence-electron chi connectivity index (χ1n) is 27.2. The van der Waals surface area contributed by atoms with Crippen LogP contribution in [0, 0.1) is 0 Å². The molecular weight excluding hydrogens is 544 g/mol. The third kappa shape index (κ3) is 4.17. The van der Waals surface area contributed by atoms with Crippen molar-refractivity contribution in [3.63, 3.8) is 0 Å². The Kier molecular flexibility index (Phi) is 2.32. The van der Waals surface area contributed by atoms with Crippen molar-refractivity contribution >= 4 is 43.5 Å². The van der Waals surface area contributed by atoms with E-state index in [0.29, 0.717) is 0 Å². The van der Waals surface area contributed by atoms with Gasteiger partial charge in [-0.3, -0.25) is 0 Å². The number of hydrogen-bond donors (Lipinski definition) is 0. The van der Waals surface area contributed by atoms with Gasteiger partial charge in [0.1, 0.15) is 11.2 Å². The van der Waals surface area contributed by atoms with Gasteiger partial charge in [-0.15, -0.1) is 0 Å². The number of fused-ring (bicyclic) bond motifs is 5. The number of rotatable bonds is 4. The smallest absolute Gasteiger partial charge is 0.143 e. The van der Waals surface area contributed by atoms with E-state index in [2.05, 4.69) is 0 Å². The van der Waals surface area contributed by atoms with E-state index in [-0.39, 0.29) is 0 Å². The van der Waals surface area contributed by atoms with Gasteiger partial charge in [0.05, 0.1) is 38.4 Å².